The van der Waals surface area contributed by atoms with Crippen molar-refractivity contribution in [2.45, 2.75) is 44.6 Å². The summed E-state index contributed by atoms with van der Waals surface area (Å²) in [5.74, 6) is 0.731. The van der Waals surface area contributed by atoms with Crippen LogP contribution in [0.15, 0.2) is 24.3 Å². The second-order valence-electron chi connectivity index (χ2n) is 4.72. The molecular weight excluding hydrogens is 198 g/mol. The average molecular weight is 215 g/mol. The van der Waals surface area contributed by atoms with Crippen molar-refractivity contribution in [1.29, 1.82) is 5.26 Å². The molecule has 1 aliphatic rings. The van der Waals surface area contributed by atoms with E-state index in [0.717, 1.165) is 18.6 Å². The Balaban J connectivity index is 2.16. The standard InChI is InChI=1S/C14H17NO/c1-14(9-5-2-6-10-14)16-13-8-4-3-7-12(13)11-15/h3-4,7-8H,2,5-6,9-10H2,1H3. The van der Waals surface area contributed by atoms with E-state index < -0.39 is 0 Å². The molecule has 0 radical (unpaired) electrons. The summed E-state index contributed by atoms with van der Waals surface area (Å²) in [6.07, 6.45) is 5.94. The smallest absolute Gasteiger partial charge is 0.137 e. The van der Waals surface area contributed by atoms with Gasteiger partial charge in [-0.05, 0) is 44.7 Å². The summed E-state index contributed by atoms with van der Waals surface area (Å²) in [4.78, 5) is 0. The monoisotopic (exact) mass is 215 g/mol. The largest absolute Gasteiger partial charge is 0.486 e. The number of hydrogen-bond acceptors (Lipinski definition) is 2. The molecule has 1 aliphatic carbocycles. The van der Waals surface area contributed by atoms with E-state index in [9.17, 15) is 0 Å². The summed E-state index contributed by atoms with van der Waals surface area (Å²) in [7, 11) is 0. The van der Waals surface area contributed by atoms with Gasteiger partial charge >= 0.3 is 0 Å². The maximum Gasteiger partial charge on any atom is 0.137 e. The summed E-state index contributed by atoms with van der Waals surface area (Å²) >= 11 is 0. The summed E-state index contributed by atoms with van der Waals surface area (Å²) in [5, 5.41) is 9.00. The van der Waals surface area contributed by atoms with E-state index in [-0.39, 0.29) is 5.60 Å². The third-order valence-electron chi connectivity index (χ3n) is 3.28. The summed E-state index contributed by atoms with van der Waals surface area (Å²) in [6, 6.07) is 9.66. The van der Waals surface area contributed by atoms with E-state index in [4.69, 9.17) is 10.00 Å². The Kier molecular flexibility index (Phi) is 3.14. The predicted octanol–water partition coefficient (Wildman–Crippen LogP) is 3.66. The average Bonchev–Trinajstić information content (AvgIpc) is 2.30. The molecule has 0 unspecified atom stereocenters. The molecule has 0 aromatic heterocycles. The highest BCUT2D eigenvalue weighted by Crippen LogP contribution is 2.33. The maximum absolute atomic E-state index is 9.00. The molecule has 2 heteroatoms. The highest BCUT2D eigenvalue weighted by molar-refractivity contribution is 5.42. The molecule has 2 rings (SSSR count). The first-order chi connectivity index (χ1) is 7.73. The van der Waals surface area contributed by atoms with Crippen LogP contribution in [0.4, 0.5) is 0 Å². The first kappa shape index (κ1) is 11.0. The van der Waals surface area contributed by atoms with Gasteiger partial charge in [-0.25, -0.2) is 0 Å². The van der Waals surface area contributed by atoms with Gasteiger partial charge in [-0.1, -0.05) is 18.6 Å². The molecule has 1 aromatic carbocycles. The summed E-state index contributed by atoms with van der Waals surface area (Å²) < 4.78 is 6.04. The van der Waals surface area contributed by atoms with E-state index in [1.54, 1.807) is 0 Å². The van der Waals surface area contributed by atoms with Crippen LogP contribution in [0.5, 0.6) is 5.75 Å². The van der Waals surface area contributed by atoms with E-state index in [1.807, 2.05) is 24.3 Å². The van der Waals surface area contributed by atoms with Crippen LogP contribution < -0.4 is 4.74 Å². The molecule has 1 fully saturated rings. The zero-order valence-corrected chi connectivity index (χ0v) is 9.70. The van der Waals surface area contributed by atoms with Gasteiger partial charge in [0.25, 0.3) is 0 Å². The molecule has 0 amide bonds. The zero-order chi connectivity index (χ0) is 11.4. The van der Waals surface area contributed by atoms with Crippen LogP contribution in [0.1, 0.15) is 44.6 Å². The van der Waals surface area contributed by atoms with E-state index in [0.29, 0.717) is 5.56 Å². The summed E-state index contributed by atoms with van der Waals surface area (Å²) in [5.41, 5.74) is 0.555. The number of nitrogens with zero attached hydrogens (tertiary/aromatic N) is 1. The number of benzene rings is 1. The lowest BCUT2D eigenvalue weighted by Gasteiger charge is -2.34. The molecule has 2 nitrogen and oxygen atoms in total. The number of rotatable bonds is 2. The Morgan fingerprint density at radius 3 is 2.56 bits per heavy atom. The normalized spacial score (nSPS) is 18.8. The third kappa shape index (κ3) is 2.36. The van der Waals surface area contributed by atoms with E-state index >= 15 is 0 Å². The Morgan fingerprint density at radius 2 is 1.88 bits per heavy atom. The van der Waals surface area contributed by atoms with Crippen molar-refractivity contribution in [3.63, 3.8) is 0 Å². The maximum atomic E-state index is 9.00. The van der Waals surface area contributed by atoms with E-state index in [1.165, 1.54) is 19.3 Å². The Labute approximate surface area is 96.9 Å². The fourth-order valence-electron chi connectivity index (χ4n) is 2.32. The lowest BCUT2D eigenvalue weighted by molar-refractivity contribution is 0.0484. The van der Waals surface area contributed by atoms with Gasteiger partial charge in [0, 0.05) is 0 Å². The minimum atomic E-state index is -0.0782. The second kappa shape index (κ2) is 4.57. The molecule has 0 spiro atoms. The Bertz CT molecular complexity index is 399. The van der Waals surface area contributed by atoms with Crippen molar-refractivity contribution in [2.75, 3.05) is 0 Å². The van der Waals surface area contributed by atoms with Crippen molar-refractivity contribution in [3.05, 3.63) is 29.8 Å². The molecule has 1 saturated carbocycles. The summed E-state index contributed by atoms with van der Waals surface area (Å²) in [6.45, 7) is 2.15. The molecule has 1 aromatic rings. The Hall–Kier alpha value is -1.49. The van der Waals surface area contributed by atoms with E-state index in [2.05, 4.69) is 13.0 Å². The predicted molar refractivity (Wildman–Crippen MR) is 63.3 cm³/mol. The van der Waals surface area contributed by atoms with Crippen molar-refractivity contribution in [3.8, 4) is 11.8 Å². The van der Waals surface area contributed by atoms with Crippen LogP contribution in [-0.4, -0.2) is 5.60 Å². The lowest BCUT2D eigenvalue weighted by atomic mass is 9.86. The minimum Gasteiger partial charge on any atom is -0.486 e. The van der Waals surface area contributed by atoms with Gasteiger partial charge in [0.05, 0.1) is 5.56 Å². The van der Waals surface area contributed by atoms with Crippen LogP contribution in [-0.2, 0) is 0 Å². The molecular formula is C14H17NO. The highest BCUT2D eigenvalue weighted by Gasteiger charge is 2.29. The van der Waals surface area contributed by atoms with Gasteiger partial charge in [0.1, 0.15) is 17.4 Å². The van der Waals surface area contributed by atoms with Crippen molar-refractivity contribution >= 4 is 0 Å². The van der Waals surface area contributed by atoms with Gasteiger partial charge in [-0.3, -0.25) is 0 Å². The van der Waals surface area contributed by atoms with Gasteiger partial charge in [0.2, 0.25) is 0 Å². The molecule has 0 saturated heterocycles. The fraction of sp³-hybridized carbons (Fsp3) is 0.500. The van der Waals surface area contributed by atoms with Crippen LogP contribution in [0.2, 0.25) is 0 Å². The number of ether oxygens (including phenoxy) is 1. The lowest BCUT2D eigenvalue weighted by Crippen LogP contribution is -2.34. The van der Waals surface area contributed by atoms with Crippen LogP contribution >= 0.6 is 0 Å². The fourth-order valence-corrected chi connectivity index (χ4v) is 2.32. The third-order valence-corrected chi connectivity index (χ3v) is 3.28. The number of hydrogen-bond donors (Lipinski definition) is 0. The topological polar surface area (TPSA) is 33.0 Å². The first-order valence-corrected chi connectivity index (χ1v) is 5.92. The minimum absolute atomic E-state index is 0.0782. The van der Waals surface area contributed by atoms with Crippen molar-refractivity contribution in [1.82, 2.24) is 0 Å². The molecule has 0 atom stereocenters. The van der Waals surface area contributed by atoms with Crippen molar-refractivity contribution < 1.29 is 4.74 Å². The second-order valence-corrected chi connectivity index (χ2v) is 4.72. The van der Waals surface area contributed by atoms with Crippen LogP contribution in [0.3, 0.4) is 0 Å². The molecule has 16 heavy (non-hydrogen) atoms. The molecule has 0 bridgehead atoms. The molecule has 0 heterocycles. The SMILES string of the molecule is CC1(Oc2ccccc2C#N)CCCCC1. The van der Waals surface area contributed by atoms with Crippen molar-refractivity contribution in [2.24, 2.45) is 0 Å². The van der Waals surface area contributed by atoms with Crippen LogP contribution in [0.25, 0.3) is 0 Å². The van der Waals surface area contributed by atoms with Gasteiger partial charge in [-0.2, -0.15) is 5.26 Å². The first-order valence-electron chi connectivity index (χ1n) is 5.92. The zero-order valence-electron chi connectivity index (χ0n) is 9.70. The van der Waals surface area contributed by atoms with Gasteiger partial charge in [-0.15, -0.1) is 0 Å². The molecule has 0 aliphatic heterocycles. The molecule has 0 N–H and O–H groups in total. The van der Waals surface area contributed by atoms with Crippen LogP contribution in [0, 0.1) is 11.3 Å². The number of para-hydroxylation sites is 1. The molecule has 84 valence electrons. The van der Waals surface area contributed by atoms with Gasteiger partial charge in [0.15, 0.2) is 0 Å². The number of nitriles is 1. The van der Waals surface area contributed by atoms with Gasteiger partial charge < -0.3 is 4.74 Å². The highest BCUT2D eigenvalue weighted by atomic mass is 16.5. The quantitative estimate of drug-likeness (QED) is 0.754. The Morgan fingerprint density at radius 1 is 1.19 bits per heavy atom.